The number of benzene rings is 1. The molecule has 5 nitrogen and oxygen atoms in total. The number of hydrogen-bond acceptors (Lipinski definition) is 3. The molecule has 2 aromatic rings. The Morgan fingerprint density at radius 2 is 1.74 bits per heavy atom. The van der Waals surface area contributed by atoms with Crippen LogP contribution in [-0.4, -0.2) is 16.8 Å². The number of pyridine rings is 1. The Hall–Kier alpha value is -2.69. The van der Waals surface area contributed by atoms with Crippen LogP contribution in [0.5, 0.6) is 0 Å². The third-order valence-electron chi connectivity index (χ3n) is 3.92. The molecule has 3 rings (SSSR count). The summed E-state index contributed by atoms with van der Waals surface area (Å²) in [5.41, 5.74) is 2.36. The normalized spacial score (nSPS) is 14.8. The number of nitrogens with zero attached hydrogens (tertiary/aromatic N) is 1. The van der Waals surface area contributed by atoms with Gasteiger partial charge in [-0.1, -0.05) is 12.1 Å². The zero-order chi connectivity index (χ0) is 16.2. The molecule has 1 atom stereocenters. The summed E-state index contributed by atoms with van der Waals surface area (Å²) in [4.78, 5) is 27.8. The molecule has 0 aliphatic heterocycles. The van der Waals surface area contributed by atoms with E-state index >= 15 is 0 Å². The van der Waals surface area contributed by atoms with Crippen molar-refractivity contribution in [3.05, 3.63) is 59.9 Å². The summed E-state index contributed by atoms with van der Waals surface area (Å²) in [6.45, 7) is 1.93. The monoisotopic (exact) mass is 309 g/mol. The first-order chi connectivity index (χ1) is 11.1. The van der Waals surface area contributed by atoms with Crippen molar-refractivity contribution in [3.63, 3.8) is 0 Å². The van der Waals surface area contributed by atoms with Gasteiger partial charge in [-0.2, -0.15) is 0 Å². The number of carbonyl (C=O) groups is 2. The van der Waals surface area contributed by atoms with Gasteiger partial charge < -0.3 is 10.6 Å². The Morgan fingerprint density at radius 3 is 2.35 bits per heavy atom. The molecule has 1 aromatic carbocycles. The minimum atomic E-state index is -0.133. The highest BCUT2D eigenvalue weighted by molar-refractivity contribution is 5.94. The van der Waals surface area contributed by atoms with Crippen molar-refractivity contribution in [2.24, 2.45) is 5.92 Å². The molecule has 1 aromatic heterocycles. The molecule has 1 heterocycles. The van der Waals surface area contributed by atoms with Gasteiger partial charge in [0.25, 0.3) is 5.91 Å². The standard InChI is InChI=1S/C18H19N3O2/c1-12(20-17(22)15-8-10-19-11-9-15)13-4-6-16(7-5-13)21-18(23)14-2-3-14/h4-12,14H,2-3H2,1H3,(H,20,22)(H,21,23). The van der Waals surface area contributed by atoms with Crippen molar-refractivity contribution in [1.82, 2.24) is 10.3 Å². The van der Waals surface area contributed by atoms with Crippen LogP contribution in [0.15, 0.2) is 48.8 Å². The smallest absolute Gasteiger partial charge is 0.251 e. The summed E-state index contributed by atoms with van der Waals surface area (Å²) in [6, 6.07) is 10.8. The zero-order valence-electron chi connectivity index (χ0n) is 13.0. The SMILES string of the molecule is CC(NC(=O)c1ccncc1)c1ccc(NC(=O)C2CC2)cc1. The second-order valence-electron chi connectivity index (χ2n) is 5.82. The van der Waals surface area contributed by atoms with Crippen LogP contribution in [0.25, 0.3) is 0 Å². The summed E-state index contributed by atoms with van der Waals surface area (Å²) in [5, 5.41) is 5.85. The lowest BCUT2D eigenvalue weighted by atomic mass is 10.1. The molecule has 1 fully saturated rings. The van der Waals surface area contributed by atoms with Crippen molar-refractivity contribution in [2.45, 2.75) is 25.8 Å². The van der Waals surface area contributed by atoms with Gasteiger partial charge in [-0.05, 0) is 49.6 Å². The summed E-state index contributed by atoms with van der Waals surface area (Å²) in [5.74, 6) is 0.149. The molecular formula is C18H19N3O2. The second kappa shape index (κ2) is 6.60. The van der Waals surface area contributed by atoms with E-state index in [2.05, 4.69) is 15.6 Å². The highest BCUT2D eigenvalue weighted by atomic mass is 16.2. The molecule has 2 amide bonds. The molecule has 1 aliphatic carbocycles. The predicted octanol–water partition coefficient (Wildman–Crippen LogP) is 2.92. The third-order valence-corrected chi connectivity index (χ3v) is 3.92. The van der Waals surface area contributed by atoms with Crippen molar-refractivity contribution in [2.75, 3.05) is 5.32 Å². The van der Waals surface area contributed by atoms with Gasteiger partial charge in [0.05, 0.1) is 6.04 Å². The first-order valence-electron chi connectivity index (χ1n) is 7.75. The van der Waals surface area contributed by atoms with Gasteiger partial charge >= 0.3 is 0 Å². The number of aromatic nitrogens is 1. The van der Waals surface area contributed by atoms with Gasteiger partial charge in [0.2, 0.25) is 5.91 Å². The minimum Gasteiger partial charge on any atom is -0.346 e. The molecule has 1 aliphatic rings. The fourth-order valence-electron chi connectivity index (χ4n) is 2.31. The van der Waals surface area contributed by atoms with Crippen molar-refractivity contribution in [3.8, 4) is 0 Å². The average Bonchev–Trinajstić information content (AvgIpc) is 3.41. The summed E-state index contributed by atoms with van der Waals surface area (Å²) in [7, 11) is 0. The first-order valence-corrected chi connectivity index (χ1v) is 7.75. The summed E-state index contributed by atoms with van der Waals surface area (Å²) >= 11 is 0. The maximum absolute atomic E-state index is 12.1. The highest BCUT2D eigenvalue weighted by Gasteiger charge is 2.29. The first kappa shape index (κ1) is 15.2. The van der Waals surface area contributed by atoms with Crippen molar-refractivity contribution in [1.29, 1.82) is 0 Å². The van der Waals surface area contributed by atoms with E-state index in [4.69, 9.17) is 0 Å². The molecular weight excluding hydrogens is 290 g/mol. The van der Waals surface area contributed by atoms with Crippen LogP contribution in [0.3, 0.4) is 0 Å². The number of anilines is 1. The van der Waals surface area contributed by atoms with E-state index in [1.165, 1.54) is 0 Å². The summed E-state index contributed by atoms with van der Waals surface area (Å²) < 4.78 is 0. The number of hydrogen-bond donors (Lipinski definition) is 2. The number of carbonyl (C=O) groups excluding carboxylic acids is 2. The fourth-order valence-corrected chi connectivity index (χ4v) is 2.31. The van der Waals surface area contributed by atoms with Crippen LogP contribution in [0, 0.1) is 5.92 Å². The van der Waals surface area contributed by atoms with Crippen molar-refractivity contribution >= 4 is 17.5 Å². The van der Waals surface area contributed by atoms with Gasteiger partial charge in [-0.25, -0.2) is 0 Å². The molecule has 5 heteroatoms. The van der Waals surface area contributed by atoms with Gasteiger partial charge in [-0.3, -0.25) is 14.6 Å². The van der Waals surface area contributed by atoms with E-state index in [-0.39, 0.29) is 23.8 Å². The van der Waals surface area contributed by atoms with Crippen LogP contribution < -0.4 is 10.6 Å². The number of nitrogens with one attached hydrogen (secondary N) is 2. The van der Waals surface area contributed by atoms with E-state index in [0.717, 1.165) is 24.1 Å². The van der Waals surface area contributed by atoms with E-state index in [1.807, 2.05) is 31.2 Å². The predicted molar refractivity (Wildman–Crippen MR) is 87.9 cm³/mol. The topological polar surface area (TPSA) is 71.1 Å². The van der Waals surface area contributed by atoms with Gasteiger partial charge in [0.15, 0.2) is 0 Å². The molecule has 0 radical (unpaired) electrons. The van der Waals surface area contributed by atoms with Gasteiger partial charge in [0, 0.05) is 29.6 Å². The maximum atomic E-state index is 12.1. The lowest BCUT2D eigenvalue weighted by molar-refractivity contribution is -0.117. The largest absolute Gasteiger partial charge is 0.346 e. The molecule has 0 spiro atoms. The maximum Gasteiger partial charge on any atom is 0.251 e. The number of amides is 2. The molecule has 1 saturated carbocycles. The molecule has 0 saturated heterocycles. The van der Waals surface area contributed by atoms with Crippen LogP contribution in [0.1, 0.15) is 41.7 Å². The fraction of sp³-hybridized carbons (Fsp3) is 0.278. The molecule has 23 heavy (non-hydrogen) atoms. The Morgan fingerprint density at radius 1 is 1.09 bits per heavy atom. The Labute approximate surface area is 135 Å². The molecule has 1 unspecified atom stereocenters. The molecule has 0 bridgehead atoms. The molecule has 118 valence electrons. The molecule has 2 N–H and O–H groups in total. The Kier molecular flexibility index (Phi) is 4.37. The Bertz CT molecular complexity index is 694. The minimum absolute atomic E-state index is 0.0942. The highest BCUT2D eigenvalue weighted by Crippen LogP contribution is 2.30. The summed E-state index contributed by atoms with van der Waals surface area (Å²) in [6.07, 6.45) is 5.16. The average molecular weight is 309 g/mol. The van der Waals surface area contributed by atoms with Crippen molar-refractivity contribution < 1.29 is 9.59 Å². The third kappa shape index (κ3) is 3.94. The number of rotatable bonds is 5. The van der Waals surface area contributed by atoms with Crippen LogP contribution in [0.2, 0.25) is 0 Å². The Balaban J connectivity index is 1.59. The second-order valence-corrected chi connectivity index (χ2v) is 5.82. The van der Waals surface area contributed by atoms with Gasteiger partial charge in [0.1, 0.15) is 0 Å². The van der Waals surface area contributed by atoms with E-state index in [0.29, 0.717) is 5.56 Å². The lowest BCUT2D eigenvalue weighted by Gasteiger charge is -2.15. The van der Waals surface area contributed by atoms with Crippen LogP contribution >= 0.6 is 0 Å². The van der Waals surface area contributed by atoms with Gasteiger partial charge in [-0.15, -0.1) is 0 Å². The van der Waals surface area contributed by atoms with Crippen LogP contribution in [-0.2, 0) is 4.79 Å². The van der Waals surface area contributed by atoms with E-state index < -0.39 is 0 Å². The van der Waals surface area contributed by atoms with E-state index in [1.54, 1.807) is 24.5 Å². The van der Waals surface area contributed by atoms with E-state index in [9.17, 15) is 9.59 Å². The lowest BCUT2D eigenvalue weighted by Crippen LogP contribution is -2.26. The zero-order valence-corrected chi connectivity index (χ0v) is 13.0. The quantitative estimate of drug-likeness (QED) is 0.892. The van der Waals surface area contributed by atoms with Crippen LogP contribution in [0.4, 0.5) is 5.69 Å².